The van der Waals surface area contributed by atoms with E-state index in [0.29, 0.717) is 5.69 Å². The van der Waals surface area contributed by atoms with Crippen molar-refractivity contribution in [3.8, 4) is 5.69 Å². The van der Waals surface area contributed by atoms with E-state index >= 15 is 0 Å². The maximum absolute atomic E-state index is 13.2. The largest absolute Gasteiger partial charge is 0.349 e. The van der Waals surface area contributed by atoms with Crippen molar-refractivity contribution in [3.05, 3.63) is 93.9 Å². The topological polar surface area (TPSA) is 67.2 Å². The molecular formula is C21H20F2N4O2. The number of carbonyl (C=O) groups excluding carboxylic acids is 1. The first kappa shape index (κ1) is 20.3. The standard InChI is InChI=1S/C21H20F2N4O2/c1-26(2)19(14-3-5-15(22)6-4-14)13-24-21(29)18-11-12-20(28)27(25-18)17-9-7-16(23)8-10-17/h3-12,19H,13H2,1-2H3,(H,24,29). The number of amides is 1. The molecule has 0 aliphatic heterocycles. The first-order chi connectivity index (χ1) is 13.8. The Morgan fingerprint density at radius 2 is 1.59 bits per heavy atom. The maximum Gasteiger partial charge on any atom is 0.271 e. The highest BCUT2D eigenvalue weighted by Crippen LogP contribution is 2.18. The Kier molecular flexibility index (Phi) is 6.13. The number of nitrogens with one attached hydrogen (secondary N) is 1. The van der Waals surface area contributed by atoms with Crippen molar-refractivity contribution in [1.82, 2.24) is 20.0 Å². The molecule has 1 heterocycles. The number of hydrogen-bond acceptors (Lipinski definition) is 4. The van der Waals surface area contributed by atoms with Gasteiger partial charge in [-0.05, 0) is 62.1 Å². The smallest absolute Gasteiger partial charge is 0.271 e. The van der Waals surface area contributed by atoms with E-state index in [1.807, 2.05) is 19.0 Å². The second-order valence-electron chi connectivity index (χ2n) is 6.69. The van der Waals surface area contributed by atoms with Crippen LogP contribution in [-0.4, -0.2) is 41.2 Å². The van der Waals surface area contributed by atoms with Crippen LogP contribution < -0.4 is 10.9 Å². The van der Waals surface area contributed by atoms with Crippen molar-refractivity contribution in [2.24, 2.45) is 0 Å². The van der Waals surface area contributed by atoms with Gasteiger partial charge in [0.2, 0.25) is 0 Å². The van der Waals surface area contributed by atoms with Gasteiger partial charge in [0.05, 0.1) is 11.7 Å². The number of benzene rings is 2. The van der Waals surface area contributed by atoms with E-state index in [4.69, 9.17) is 0 Å². The molecule has 0 radical (unpaired) electrons. The lowest BCUT2D eigenvalue weighted by atomic mass is 10.1. The molecule has 0 saturated carbocycles. The monoisotopic (exact) mass is 398 g/mol. The van der Waals surface area contributed by atoms with Gasteiger partial charge in [-0.15, -0.1) is 0 Å². The molecule has 1 amide bonds. The molecule has 1 atom stereocenters. The van der Waals surface area contributed by atoms with Crippen LogP contribution >= 0.6 is 0 Å². The number of nitrogens with zero attached hydrogens (tertiary/aromatic N) is 3. The van der Waals surface area contributed by atoms with E-state index in [2.05, 4.69) is 10.4 Å². The molecule has 0 spiro atoms. The molecule has 0 saturated heterocycles. The van der Waals surface area contributed by atoms with E-state index in [9.17, 15) is 18.4 Å². The highest BCUT2D eigenvalue weighted by atomic mass is 19.1. The van der Waals surface area contributed by atoms with Crippen molar-refractivity contribution in [3.63, 3.8) is 0 Å². The van der Waals surface area contributed by atoms with Crippen LogP contribution in [0.3, 0.4) is 0 Å². The summed E-state index contributed by atoms with van der Waals surface area (Å²) in [6.07, 6.45) is 0. The number of hydrogen-bond donors (Lipinski definition) is 1. The fourth-order valence-electron chi connectivity index (χ4n) is 2.86. The Bertz CT molecular complexity index is 1050. The number of halogens is 2. The average Bonchev–Trinajstić information content (AvgIpc) is 2.70. The normalized spacial score (nSPS) is 12.0. The van der Waals surface area contributed by atoms with Crippen LogP contribution in [0.1, 0.15) is 22.1 Å². The molecule has 1 unspecified atom stereocenters. The summed E-state index contributed by atoms with van der Waals surface area (Å²) in [5, 5.41) is 6.87. The van der Waals surface area contributed by atoms with Crippen molar-refractivity contribution < 1.29 is 13.6 Å². The second kappa shape index (κ2) is 8.74. The summed E-state index contributed by atoms with van der Waals surface area (Å²) in [6.45, 7) is 0.259. The number of rotatable bonds is 6. The molecule has 0 fully saturated rings. The van der Waals surface area contributed by atoms with Crippen LogP contribution in [0.5, 0.6) is 0 Å². The van der Waals surface area contributed by atoms with Crippen molar-refractivity contribution >= 4 is 5.91 Å². The summed E-state index contributed by atoms with van der Waals surface area (Å²) < 4.78 is 27.3. The number of likely N-dealkylation sites (N-methyl/N-ethyl adjacent to an activating group) is 1. The molecule has 0 aliphatic rings. The Morgan fingerprint density at radius 1 is 1.00 bits per heavy atom. The summed E-state index contributed by atoms with van der Waals surface area (Å²) in [5.41, 5.74) is 0.806. The molecule has 6 nitrogen and oxygen atoms in total. The zero-order valence-electron chi connectivity index (χ0n) is 16.0. The lowest BCUT2D eigenvalue weighted by molar-refractivity contribution is 0.0935. The van der Waals surface area contributed by atoms with Crippen molar-refractivity contribution in [2.45, 2.75) is 6.04 Å². The van der Waals surface area contributed by atoms with Gasteiger partial charge in [0, 0.05) is 12.6 Å². The molecule has 2 aromatic carbocycles. The second-order valence-corrected chi connectivity index (χ2v) is 6.69. The van der Waals surface area contributed by atoms with Gasteiger partial charge < -0.3 is 10.2 Å². The van der Waals surface area contributed by atoms with Gasteiger partial charge in [-0.1, -0.05) is 12.1 Å². The van der Waals surface area contributed by atoms with E-state index in [0.717, 1.165) is 10.2 Å². The Hall–Kier alpha value is -3.39. The van der Waals surface area contributed by atoms with E-state index in [-0.39, 0.29) is 24.1 Å². The first-order valence-electron chi connectivity index (χ1n) is 8.91. The number of aromatic nitrogens is 2. The van der Waals surface area contributed by atoms with Crippen LogP contribution in [0.25, 0.3) is 5.69 Å². The van der Waals surface area contributed by atoms with Gasteiger partial charge in [-0.3, -0.25) is 9.59 Å². The molecule has 1 N–H and O–H groups in total. The van der Waals surface area contributed by atoms with Crippen molar-refractivity contribution in [1.29, 1.82) is 0 Å². The van der Waals surface area contributed by atoms with Crippen molar-refractivity contribution in [2.75, 3.05) is 20.6 Å². The van der Waals surface area contributed by atoms with Gasteiger partial charge in [0.1, 0.15) is 17.3 Å². The lowest BCUT2D eigenvalue weighted by Crippen LogP contribution is -2.36. The first-order valence-corrected chi connectivity index (χ1v) is 8.91. The summed E-state index contributed by atoms with van der Waals surface area (Å²) in [6, 6.07) is 13.7. The Labute approximate surface area is 166 Å². The third kappa shape index (κ3) is 4.91. The highest BCUT2D eigenvalue weighted by molar-refractivity contribution is 5.92. The van der Waals surface area contributed by atoms with Crippen LogP contribution in [0.15, 0.2) is 65.5 Å². The minimum atomic E-state index is -0.463. The summed E-state index contributed by atoms with van der Waals surface area (Å²) in [7, 11) is 3.71. The summed E-state index contributed by atoms with van der Waals surface area (Å²) >= 11 is 0. The molecular weight excluding hydrogens is 378 g/mol. The minimum Gasteiger partial charge on any atom is -0.349 e. The Morgan fingerprint density at radius 3 is 2.17 bits per heavy atom. The third-order valence-electron chi connectivity index (χ3n) is 4.44. The van der Waals surface area contributed by atoms with Gasteiger partial charge in [0.15, 0.2) is 0 Å². The van der Waals surface area contributed by atoms with Crippen LogP contribution in [-0.2, 0) is 0 Å². The zero-order chi connectivity index (χ0) is 21.0. The molecule has 8 heteroatoms. The number of carbonyl (C=O) groups is 1. The molecule has 0 aliphatic carbocycles. The predicted molar refractivity (Wildman–Crippen MR) is 105 cm³/mol. The van der Waals surface area contributed by atoms with E-state index in [1.165, 1.54) is 48.5 Å². The summed E-state index contributed by atoms with van der Waals surface area (Å²) in [4.78, 5) is 26.6. The molecule has 1 aromatic heterocycles. The van der Waals surface area contributed by atoms with Crippen LogP contribution in [0, 0.1) is 11.6 Å². The fraction of sp³-hybridized carbons (Fsp3) is 0.190. The Balaban J connectivity index is 1.78. The molecule has 150 valence electrons. The third-order valence-corrected chi connectivity index (χ3v) is 4.44. The molecule has 3 aromatic rings. The molecule has 3 rings (SSSR count). The SMILES string of the molecule is CN(C)C(CNC(=O)c1ccc(=O)n(-c2ccc(F)cc2)n1)c1ccc(F)cc1. The summed E-state index contributed by atoms with van der Waals surface area (Å²) in [5.74, 6) is -1.23. The van der Waals surface area contributed by atoms with Gasteiger partial charge in [-0.2, -0.15) is 9.78 Å². The molecule has 0 bridgehead atoms. The van der Waals surface area contributed by atoms with Crippen LogP contribution in [0.4, 0.5) is 8.78 Å². The van der Waals surface area contributed by atoms with Gasteiger partial charge in [0.25, 0.3) is 11.5 Å². The van der Waals surface area contributed by atoms with Gasteiger partial charge >= 0.3 is 0 Å². The van der Waals surface area contributed by atoms with Gasteiger partial charge in [-0.25, -0.2) is 8.78 Å². The fourth-order valence-corrected chi connectivity index (χ4v) is 2.86. The zero-order valence-corrected chi connectivity index (χ0v) is 16.0. The lowest BCUT2D eigenvalue weighted by Gasteiger charge is -2.25. The molecule has 29 heavy (non-hydrogen) atoms. The highest BCUT2D eigenvalue weighted by Gasteiger charge is 2.17. The van der Waals surface area contributed by atoms with E-state index in [1.54, 1.807) is 12.1 Å². The van der Waals surface area contributed by atoms with Crippen LogP contribution in [0.2, 0.25) is 0 Å². The predicted octanol–water partition coefficient (Wildman–Crippen LogP) is 2.54. The quantitative estimate of drug-likeness (QED) is 0.693. The maximum atomic E-state index is 13.2. The minimum absolute atomic E-state index is 0.0468. The average molecular weight is 398 g/mol. The van der Waals surface area contributed by atoms with E-state index < -0.39 is 17.3 Å².